The van der Waals surface area contributed by atoms with Crippen LogP contribution in [0.4, 0.5) is 5.69 Å². The molecule has 0 saturated heterocycles. The molecular formula is C16H18ClNO2S. The van der Waals surface area contributed by atoms with Crippen molar-refractivity contribution in [3.05, 3.63) is 59.1 Å². The van der Waals surface area contributed by atoms with Gasteiger partial charge in [-0.3, -0.25) is 4.31 Å². The molecule has 0 aliphatic heterocycles. The maximum absolute atomic E-state index is 13.0. The number of sulfonamides is 1. The molecule has 5 heteroatoms. The minimum atomic E-state index is -3.63. The predicted octanol–water partition coefficient (Wildman–Crippen LogP) is 4.25. The fourth-order valence-electron chi connectivity index (χ4n) is 2.30. The number of nitrogens with zero attached hydrogens (tertiary/aromatic N) is 1. The minimum Gasteiger partial charge on any atom is -0.264 e. The second-order valence-electron chi connectivity index (χ2n) is 5.14. The Morgan fingerprint density at radius 3 is 2.19 bits per heavy atom. The summed E-state index contributed by atoms with van der Waals surface area (Å²) in [6, 6.07) is 13.7. The average molecular weight is 324 g/mol. The average Bonchev–Trinajstić information content (AvgIpc) is 2.38. The molecule has 2 aromatic carbocycles. The van der Waals surface area contributed by atoms with Gasteiger partial charge < -0.3 is 0 Å². The van der Waals surface area contributed by atoms with E-state index in [0.717, 1.165) is 0 Å². The summed E-state index contributed by atoms with van der Waals surface area (Å²) in [6.45, 7) is 5.47. The molecular weight excluding hydrogens is 306 g/mol. The molecule has 0 amide bonds. The van der Waals surface area contributed by atoms with Crippen LogP contribution in [-0.2, 0) is 10.0 Å². The van der Waals surface area contributed by atoms with Gasteiger partial charge in [-0.2, -0.15) is 0 Å². The molecule has 0 radical (unpaired) electrons. The van der Waals surface area contributed by atoms with Crippen LogP contribution in [0.1, 0.15) is 19.4 Å². The van der Waals surface area contributed by atoms with E-state index in [0.29, 0.717) is 16.3 Å². The van der Waals surface area contributed by atoms with Gasteiger partial charge in [0.1, 0.15) is 0 Å². The summed E-state index contributed by atoms with van der Waals surface area (Å²) >= 11 is 5.92. The van der Waals surface area contributed by atoms with Gasteiger partial charge in [0.05, 0.1) is 10.6 Å². The lowest BCUT2D eigenvalue weighted by atomic mass is 10.2. The Hall–Kier alpha value is -1.52. The zero-order chi connectivity index (χ0) is 15.6. The SMILES string of the molecule is Cc1cc(Cl)ccc1S(=O)(=O)N(c1ccccc1)C(C)C. The molecule has 0 aliphatic rings. The molecule has 0 spiro atoms. The summed E-state index contributed by atoms with van der Waals surface area (Å²) < 4.78 is 27.4. The Morgan fingerprint density at radius 2 is 1.67 bits per heavy atom. The third kappa shape index (κ3) is 3.22. The summed E-state index contributed by atoms with van der Waals surface area (Å²) in [6.07, 6.45) is 0. The van der Waals surface area contributed by atoms with Gasteiger partial charge >= 0.3 is 0 Å². The number of aryl methyl sites for hydroxylation is 1. The van der Waals surface area contributed by atoms with Gasteiger partial charge in [0.2, 0.25) is 0 Å². The Labute approximate surface area is 131 Å². The number of hydrogen-bond donors (Lipinski definition) is 0. The van der Waals surface area contributed by atoms with E-state index in [1.807, 2.05) is 32.0 Å². The lowest BCUT2D eigenvalue weighted by Gasteiger charge is -2.29. The highest BCUT2D eigenvalue weighted by atomic mass is 35.5. The van der Waals surface area contributed by atoms with Crippen molar-refractivity contribution in [2.45, 2.75) is 31.7 Å². The smallest absolute Gasteiger partial charge is 0.264 e. The third-order valence-electron chi connectivity index (χ3n) is 3.15. The third-order valence-corrected chi connectivity index (χ3v) is 5.55. The standard InChI is InChI=1S/C16H18ClNO2S/c1-12(2)18(15-7-5-4-6-8-15)21(19,20)16-10-9-14(17)11-13(16)3/h4-12H,1-3H3. The van der Waals surface area contributed by atoms with Crippen molar-refractivity contribution in [3.8, 4) is 0 Å². The number of rotatable bonds is 4. The topological polar surface area (TPSA) is 37.4 Å². The van der Waals surface area contributed by atoms with Crippen LogP contribution < -0.4 is 4.31 Å². The Bertz CT molecular complexity index is 727. The zero-order valence-electron chi connectivity index (χ0n) is 12.2. The van der Waals surface area contributed by atoms with Gasteiger partial charge in [0.25, 0.3) is 10.0 Å². The largest absolute Gasteiger partial charge is 0.264 e. The van der Waals surface area contributed by atoms with Crippen molar-refractivity contribution in [2.24, 2.45) is 0 Å². The normalized spacial score (nSPS) is 11.7. The highest BCUT2D eigenvalue weighted by Crippen LogP contribution is 2.28. The van der Waals surface area contributed by atoms with Crippen molar-refractivity contribution < 1.29 is 8.42 Å². The molecule has 0 atom stereocenters. The molecule has 0 N–H and O–H groups in total. The first-order chi connectivity index (χ1) is 9.84. The predicted molar refractivity (Wildman–Crippen MR) is 87.4 cm³/mol. The first-order valence-electron chi connectivity index (χ1n) is 6.69. The molecule has 2 rings (SSSR count). The van der Waals surface area contributed by atoms with Crippen molar-refractivity contribution >= 4 is 27.3 Å². The maximum Gasteiger partial charge on any atom is 0.264 e. The maximum atomic E-state index is 13.0. The second kappa shape index (κ2) is 6.08. The Kier molecular flexibility index (Phi) is 4.59. The second-order valence-corrected chi connectivity index (χ2v) is 7.36. The fourth-order valence-corrected chi connectivity index (χ4v) is 4.40. The van der Waals surface area contributed by atoms with Gasteiger partial charge in [0, 0.05) is 11.1 Å². The van der Waals surface area contributed by atoms with Crippen LogP contribution >= 0.6 is 11.6 Å². The molecule has 0 bridgehead atoms. The summed E-state index contributed by atoms with van der Waals surface area (Å²) in [5.74, 6) is 0. The van der Waals surface area contributed by atoms with Crippen LogP contribution in [-0.4, -0.2) is 14.5 Å². The van der Waals surface area contributed by atoms with Gasteiger partial charge in [-0.1, -0.05) is 29.8 Å². The number of anilines is 1. The van der Waals surface area contributed by atoms with Gasteiger partial charge in [0.15, 0.2) is 0 Å². The van der Waals surface area contributed by atoms with Gasteiger partial charge in [-0.15, -0.1) is 0 Å². The monoisotopic (exact) mass is 323 g/mol. The van der Waals surface area contributed by atoms with E-state index in [-0.39, 0.29) is 10.9 Å². The highest BCUT2D eigenvalue weighted by Gasteiger charge is 2.28. The van der Waals surface area contributed by atoms with E-state index in [1.165, 1.54) is 4.31 Å². The van der Waals surface area contributed by atoms with Crippen molar-refractivity contribution in [2.75, 3.05) is 4.31 Å². The first-order valence-corrected chi connectivity index (χ1v) is 8.51. The van der Waals surface area contributed by atoms with E-state index in [1.54, 1.807) is 37.3 Å². The molecule has 0 aliphatic carbocycles. The molecule has 21 heavy (non-hydrogen) atoms. The van der Waals surface area contributed by atoms with Crippen molar-refractivity contribution in [3.63, 3.8) is 0 Å². The van der Waals surface area contributed by atoms with E-state index in [2.05, 4.69) is 0 Å². The molecule has 0 saturated carbocycles. The van der Waals surface area contributed by atoms with Crippen LogP contribution in [0.5, 0.6) is 0 Å². The number of hydrogen-bond acceptors (Lipinski definition) is 2. The number of para-hydroxylation sites is 1. The van der Waals surface area contributed by atoms with E-state index < -0.39 is 10.0 Å². The molecule has 0 unspecified atom stereocenters. The van der Waals surface area contributed by atoms with E-state index >= 15 is 0 Å². The van der Waals surface area contributed by atoms with Crippen LogP contribution in [0, 0.1) is 6.92 Å². The lowest BCUT2D eigenvalue weighted by molar-refractivity contribution is 0.584. The number of benzene rings is 2. The molecule has 2 aromatic rings. The summed E-state index contributed by atoms with van der Waals surface area (Å²) in [5.41, 5.74) is 1.30. The summed E-state index contributed by atoms with van der Waals surface area (Å²) in [4.78, 5) is 0.282. The quantitative estimate of drug-likeness (QED) is 0.843. The van der Waals surface area contributed by atoms with Gasteiger partial charge in [-0.25, -0.2) is 8.42 Å². The van der Waals surface area contributed by atoms with E-state index in [9.17, 15) is 8.42 Å². The molecule has 0 aromatic heterocycles. The van der Waals surface area contributed by atoms with Crippen molar-refractivity contribution in [1.29, 1.82) is 0 Å². The van der Waals surface area contributed by atoms with Crippen LogP contribution in [0.2, 0.25) is 5.02 Å². The van der Waals surface area contributed by atoms with Crippen LogP contribution in [0.25, 0.3) is 0 Å². The zero-order valence-corrected chi connectivity index (χ0v) is 13.8. The number of halogens is 1. The molecule has 0 heterocycles. The fraction of sp³-hybridized carbons (Fsp3) is 0.250. The Morgan fingerprint density at radius 1 is 1.05 bits per heavy atom. The first kappa shape index (κ1) is 15.9. The summed E-state index contributed by atoms with van der Waals surface area (Å²) in [7, 11) is -3.63. The molecule has 3 nitrogen and oxygen atoms in total. The Balaban J connectivity index is 2.59. The molecule has 0 fully saturated rings. The summed E-state index contributed by atoms with van der Waals surface area (Å²) in [5, 5.41) is 0.530. The molecule has 112 valence electrons. The lowest BCUT2D eigenvalue weighted by Crippen LogP contribution is -2.37. The minimum absolute atomic E-state index is 0.188. The highest BCUT2D eigenvalue weighted by molar-refractivity contribution is 7.93. The van der Waals surface area contributed by atoms with Crippen molar-refractivity contribution in [1.82, 2.24) is 0 Å². The van der Waals surface area contributed by atoms with E-state index in [4.69, 9.17) is 11.6 Å². The van der Waals surface area contributed by atoms with Gasteiger partial charge in [-0.05, 0) is 56.7 Å². The van der Waals surface area contributed by atoms with Crippen LogP contribution in [0.3, 0.4) is 0 Å². The van der Waals surface area contributed by atoms with Crippen LogP contribution in [0.15, 0.2) is 53.4 Å².